The number of morpholine rings is 1. The lowest BCUT2D eigenvalue weighted by Crippen LogP contribution is -2.37. The predicted molar refractivity (Wildman–Crippen MR) is 69.3 cm³/mol. The molecule has 4 nitrogen and oxygen atoms in total. The Hall–Kier alpha value is -1.94. The first-order valence-electron chi connectivity index (χ1n) is 6.05. The van der Waals surface area contributed by atoms with Gasteiger partial charge in [-0.1, -0.05) is 18.2 Å². The SMILES string of the molecule is [c]1cccc(-c2cnc(N3CCOCC3)nc2)c1. The average molecular weight is 240 g/mol. The Morgan fingerprint density at radius 3 is 2.56 bits per heavy atom. The number of hydrogen-bond donors (Lipinski definition) is 0. The first kappa shape index (κ1) is 11.2. The molecule has 4 heteroatoms. The van der Waals surface area contributed by atoms with Crippen molar-refractivity contribution in [3.8, 4) is 11.1 Å². The smallest absolute Gasteiger partial charge is 0.225 e. The summed E-state index contributed by atoms with van der Waals surface area (Å²) in [5.74, 6) is 0.780. The van der Waals surface area contributed by atoms with Gasteiger partial charge in [-0.25, -0.2) is 9.97 Å². The fourth-order valence-electron chi connectivity index (χ4n) is 1.97. The van der Waals surface area contributed by atoms with Crippen molar-refractivity contribution in [3.63, 3.8) is 0 Å². The van der Waals surface area contributed by atoms with E-state index in [1.807, 2.05) is 36.7 Å². The van der Waals surface area contributed by atoms with Gasteiger partial charge in [0.15, 0.2) is 0 Å². The van der Waals surface area contributed by atoms with Crippen molar-refractivity contribution in [2.24, 2.45) is 0 Å². The molecule has 0 amide bonds. The molecule has 1 aliphatic heterocycles. The normalized spacial score (nSPS) is 15.7. The van der Waals surface area contributed by atoms with Gasteiger partial charge in [0.25, 0.3) is 0 Å². The van der Waals surface area contributed by atoms with Crippen molar-refractivity contribution in [3.05, 3.63) is 42.7 Å². The Morgan fingerprint density at radius 1 is 1.11 bits per heavy atom. The summed E-state index contributed by atoms with van der Waals surface area (Å²) in [6, 6.07) is 10.9. The second-order valence-electron chi connectivity index (χ2n) is 4.16. The summed E-state index contributed by atoms with van der Waals surface area (Å²) in [7, 11) is 0. The molecule has 1 radical (unpaired) electrons. The Labute approximate surface area is 106 Å². The van der Waals surface area contributed by atoms with Crippen LogP contribution in [0.5, 0.6) is 0 Å². The molecule has 91 valence electrons. The highest BCUT2D eigenvalue weighted by molar-refractivity contribution is 5.61. The standard InChI is InChI=1S/C14H14N3O/c1-2-4-12(5-3-1)13-10-15-14(16-11-13)17-6-8-18-9-7-17/h1-2,4-5,10-11H,6-9H2. The van der Waals surface area contributed by atoms with Crippen LogP contribution in [0.4, 0.5) is 5.95 Å². The Balaban J connectivity index is 1.80. The number of ether oxygens (including phenoxy) is 1. The van der Waals surface area contributed by atoms with Crippen LogP contribution < -0.4 is 4.90 Å². The van der Waals surface area contributed by atoms with E-state index in [-0.39, 0.29) is 0 Å². The lowest BCUT2D eigenvalue weighted by Gasteiger charge is -2.26. The van der Waals surface area contributed by atoms with Gasteiger partial charge in [-0.2, -0.15) is 0 Å². The molecule has 2 heterocycles. The molecule has 0 atom stereocenters. The molecular weight excluding hydrogens is 226 g/mol. The molecule has 1 fully saturated rings. The van der Waals surface area contributed by atoms with Gasteiger partial charge in [-0.15, -0.1) is 0 Å². The van der Waals surface area contributed by atoms with Crippen LogP contribution in [0.15, 0.2) is 36.7 Å². The first-order valence-corrected chi connectivity index (χ1v) is 6.05. The zero-order valence-corrected chi connectivity index (χ0v) is 10.0. The summed E-state index contributed by atoms with van der Waals surface area (Å²) in [5, 5.41) is 0. The van der Waals surface area contributed by atoms with E-state index < -0.39 is 0 Å². The number of benzene rings is 1. The zero-order chi connectivity index (χ0) is 12.2. The number of nitrogens with zero attached hydrogens (tertiary/aromatic N) is 3. The van der Waals surface area contributed by atoms with Gasteiger partial charge in [0, 0.05) is 31.0 Å². The van der Waals surface area contributed by atoms with Crippen molar-refractivity contribution >= 4 is 5.95 Å². The van der Waals surface area contributed by atoms with Gasteiger partial charge in [0.1, 0.15) is 0 Å². The van der Waals surface area contributed by atoms with E-state index >= 15 is 0 Å². The van der Waals surface area contributed by atoms with E-state index in [4.69, 9.17) is 4.74 Å². The van der Waals surface area contributed by atoms with Gasteiger partial charge in [0.05, 0.1) is 13.2 Å². The van der Waals surface area contributed by atoms with Crippen LogP contribution in [0, 0.1) is 6.07 Å². The lowest BCUT2D eigenvalue weighted by atomic mass is 10.1. The minimum atomic E-state index is 0.749. The van der Waals surface area contributed by atoms with Crippen LogP contribution in [-0.2, 0) is 4.74 Å². The molecule has 0 unspecified atom stereocenters. The summed E-state index contributed by atoms with van der Waals surface area (Å²) in [4.78, 5) is 11.0. The summed E-state index contributed by atoms with van der Waals surface area (Å²) in [6.07, 6.45) is 3.72. The van der Waals surface area contributed by atoms with E-state index in [1.54, 1.807) is 0 Å². The predicted octanol–water partition coefficient (Wildman–Crippen LogP) is 1.78. The van der Waals surface area contributed by atoms with Crippen molar-refractivity contribution in [1.29, 1.82) is 0 Å². The van der Waals surface area contributed by atoms with Crippen LogP contribution in [0.2, 0.25) is 0 Å². The molecule has 3 rings (SSSR count). The third-order valence-electron chi connectivity index (χ3n) is 2.97. The molecule has 0 spiro atoms. The Bertz CT molecular complexity index is 492. The largest absolute Gasteiger partial charge is 0.378 e. The average Bonchev–Trinajstić information content (AvgIpc) is 2.49. The Kier molecular flexibility index (Phi) is 3.19. The maximum atomic E-state index is 5.31. The number of rotatable bonds is 2. The third-order valence-corrected chi connectivity index (χ3v) is 2.97. The first-order chi connectivity index (χ1) is 8.93. The van der Waals surface area contributed by atoms with E-state index in [0.717, 1.165) is 43.4 Å². The van der Waals surface area contributed by atoms with Gasteiger partial charge in [0.2, 0.25) is 5.95 Å². The van der Waals surface area contributed by atoms with Gasteiger partial charge in [-0.05, 0) is 17.7 Å². The topological polar surface area (TPSA) is 38.2 Å². The van der Waals surface area contributed by atoms with E-state index in [0.29, 0.717) is 0 Å². The molecule has 1 aromatic heterocycles. The maximum Gasteiger partial charge on any atom is 0.225 e. The summed E-state index contributed by atoms with van der Waals surface area (Å²) < 4.78 is 5.31. The van der Waals surface area contributed by atoms with Crippen LogP contribution in [0.1, 0.15) is 0 Å². The summed E-state index contributed by atoms with van der Waals surface area (Å²) >= 11 is 0. The molecule has 18 heavy (non-hydrogen) atoms. The van der Waals surface area contributed by atoms with Gasteiger partial charge in [-0.3, -0.25) is 0 Å². The number of anilines is 1. The van der Waals surface area contributed by atoms with Crippen molar-refractivity contribution in [2.75, 3.05) is 31.2 Å². The van der Waals surface area contributed by atoms with E-state index in [1.165, 1.54) is 0 Å². The van der Waals surface area contributed by atoms with E-state index in [9.17, 15) is 0 Å². The van der Waals surface area contributed by atoms with Crippen molar-refractivity contribution in [1.82, 2.24) is 9.97 Å². The second-order valence-corrected chi connectivity index (χ2v) is 4.16. The van der Waals surface area contributed by atoms with Gasteiger partial charge >= 0.3 is 0 Å². The highest BCUT2D eigenvalue weighted by atomic mass is 16.5. The monoisotopic (exact) mass is 240 g/mol. The van der Waals surface area contributed by atoms with Crippen molar-refractivity contribution in [2.45, 2.75) is 0 Å². The zero-order valence-electron chi connectivity index (χ0n) is 10.0. The maximum absolute atomic E-state index is 5.31. The summed E-state index contributed by atoms with van der Waals surface area (Å²) in [6.45, 7) is 3.22. The molecule has 1 aliphatic rings. The Morgan fingerprint density at radius 2 is 1.89 bits per heavy atom. The molecule has 0 bridgehead atoms. The fraction of sp³-hybridized carbons (Fsp3) is 0.286. The molecule has 1 aromatic carbocycles. The minimum Gasteiger partial charge on any atom is -0.378 e. The fourth-order valence-corrected chi connectivity index (χ4v) is 1.97. The van der Waals surface area contributed by atoms with Crippen molar-refractivity contribution < 1.29 is 4.74 Å². The quantitative estimate of drug-likeness (QED) is 0.802. The minimum absolute atomic E-state index is 0.749. The van der Waals surface area contributed by atoms with Crippen LogP contribution >= 0.6 is 0 Å². The van der Waals surface area contributed by atoms with E-state index in [2.05, 4.69) is 20.9 Å². The third kappa shape index (κ3) is 2.33. The summed E-state index contributed by atoms with van der Waals surface area (Å²) in [5.41, 5.74) is 2.11. The number of aromatic nitrogens is 2. The van der Waals surface area contributed by atoms with Crippen LogP contribution in [0.25, 0.3) is 11.1 Å². The molecule has 0 saturated carbocycles. The highest BCUT2D eigenvalue weighted by Gasteiger charge is 2.13. The number of hydrogen-bond acceptors (Lipinski definition) is 4. The second kappa shape index (κ2) is 5.14. The molecule has 0 aliphatic carbocycles. The van der Waals surface area contributed by atoms with Crippen LogP contribution in [0.3, 0.4) is 0 Å². The molecule has 2 aromatic rings. The highest BCUT2D eigenvalue weighted by Crippen LogP contribution is 2.18. The van der Waals surface area contributed by atoms with Crippen LogP contribution in [-0.4, -0.2) is 36.3 Å². The molecular formula is C14H14N3O. The molecule has 1 saturated heterocycles. The van der Waals surface area contributed by atoms with Gasteiger partial charge < -0.3 is 9.64 Å². The lowest BCUT2D eigenvalue weighted by molar-refractivity contribution is 0.122. The molecule has 0 N–H and O–H groups in total.